The third-order valence-corrected chi connectivity index (χ3v) is 6.98. The zero-order valence-corrected chi connectivity index (χ0v) is 21.9. The fraction of sp³-hybridized carbons (Fsp3) is 0.290. The molecule has 2 amide bonds. The zero-order chi connectivity index (χ0) is 26.7. The number of para-hydroxylation sites is 2. The Labute approximate surface area is 225 Å². The minimum Gasteiger partial charge on any atom is -0.397 e. The second-order valence-electron chi connectivity index (χ2n) is 9.73. The van der Waals surface area contributed by atoms with Crippen LogP contribution in [-0.4, -0.2) is 42.9 Å². The van der Waals surface area contributed by atoms with Crippen LogP contribution in [0.2, 0.25) is 0 Å². The van der Waals surface area contributed by atoms with Crippen LogP contribution in [0.5, 0.6) is 0 Å². The number of nitrogens with two attached hydrogens (primary N) is 1. The SMILES string of the molecule is CN1CCCC1CCNC(C(=O)NCc1ccccc1)c1ccc(/C=C/C(=O)Nc2ccccc2N)cc1. The second kappa shape index (κ2) is 13.6. The molecule has 3 aromatic carbocycles. The van der Waals surface area contributed by atoms with Gasteiger partial charge in [-0.15, -0.1) is 0 Å². The molecule has 0 saturated carbocycles. The molecule has 0 aromatic heterocycles. The van der Waals surface area contributed by atoms with Crippen LogP contribution < -0.4 is 21.7 Å². The number of hydrogen-bond donors (Lipinski definition) is 4. The molecule has 7 heteroatoms. The molecule has 0 radical (unpaired) electrons. The summed E-state index contributed by atoms with van der Waals surface area (Å²) in [4.78, 5) is 28.0. The number of nitrogens with one attached hydrogen (secondary N) is 3. The Kier molecular flexibility index (Phi) is 9.67. The van der Waals surface area contributed by atoms with Gasteiger partial charge in [0, 0.05) is 18.7 Å². The van der Waals surface area contributed by atoms with Crippen molar-refractivity contribution in [2.24, 2.45) is 0 Å². The van der Waals surface area contributed by atoms with Crippen molar-refractivity contribution in [3.8, 4) is 0 Å². The van der Waals surface area contributed by atoms with Crippen molar-refractivity contribution in [3.63, 3.8) is 0 Å². The molecular weight excluding hydrogens is 474 g/mol. The fourth-order valence-corrected chi connectivity index (χ4v) is 4.74. The maximum Gasteiger partial charge on any atom is 0.248 e. The smallest absolute Gasteiger partial charge is 0.248 e. The molecule has 1 heterocycles. The van der Waals surface area contributed by atoms with E-state index < -0.39 is 6.04 Å². The van der Waals surface area contributed by atoms with Gasteiger partial charge < -0.3 is 26.6 Å². The third-order valence-electron chi connectivity index (χ3n) is 6.98. The molecule has 0 bridgehead atoms. The summed E-state index contributed by atoms with van der Waals surface area (Å²) < 4.78 is 0. The minimum atomic E-state index is -0.465. The highest BCUT2D eigenvalue weighted by Gasteiger charge is 2.23. The number of likely N-dealkylation sites (tertiary alicyclic amines) is 1. The minimum absolute atomic E-state index is 0.0586. The lowest BCUT2D eigenvalue weighted by molar-refractivity contribution is -0.123. The Morgan fingerprint density at radius 1 is 1.03 bits per heavy atom. The highest BCUT2D eigenvalue weighted by atomic mass is 16.2. The van der Waals surface area contributed by atoms with E-state index in [1.54, 1.807) is 18.2 Å². The van der Waals surface area contributed by atoms with Crippen molar-refractivity contribution in [1.29, 1.82) is 0 Å². The summed E-state index contributed by atoms with van der Waals surface area (Å²) in [6.07, 6.45) is 6.65. The van der Waals surface area contributed by atoms with Crippen molar-refractivity contribution >= 4 is 29.3 Å². The van der Waals surface area contributed by atoms with Crippen LogP contribution in [0, 0.1) is 0 Å². The molecule has 38 heavy (non-hydrogen) atoms. The summed E-state index contributed by atoms with van der Waals surface area (Å²) in [6, 6.07) is 24.8. The van der Waals surface area contributed by atoms with Crippen molar-refractivity contribution in [2.45, 2.75) is 37.9 Å². The number of rotatable bonds is 11. The molecule has 1 fully saturated rings. The summed E-state index contributed by atoms with van der Waals surface area (Å²) in [5.74, 6) is -0.319. The number of nitrogens with zero attached hydrogens (tertiary/aromatic N) is 1. The van der Waals surface area contributed by atoms with Crippen molar-refractivity contribution < 1.29 is 9.59 Å². The quantitative estimate of drug-likeness (QED) is 0.227. The molecule has 4 rings (SSSR count). The zero-order valence-electron chi connectivity index (χ0n) is 21.9. The maximum atomic E-state index is 13.2. The van der Waals surface area contributed by atoms with E-state index in [4.69, 9.17) is 5.73 Å². The van der Waals surface area contributed by atoms with E-state index >= 15 is 0 Å². The molecule has 1 aliphatic rings. The molecule has 3 aromatic rings. The Bertz CT molecular complexity index is 1230. The lowest BCUT2D eigenvalue weighted by Gasteiger charge is -2.23. The number of carbonyl (C=O) groups excluding carboxylic acids is 2. The molecule has 2 atom stereocenters. The first-order valence-electron chi connectivity index (χ1n) is 13.2. The highest BCUT2D eigenvalue weighted by Crippen LogP contribution is 2.20. The van der Waals surface area contributed by atoms with Gasteiger partial charge in [0.2, 0.25) is 11.8 Å². The first-order chi connectivity index (χ1) is 18.5. The number of nitrogen functional groups attached to an aromatic ring is 1. The average molecular weight is 512 g/mol. The Morgan fingerprint density at radius 2 is 1.76 bits per heavy atom. The lowest BCUT2D eigenvalue weighted by atomic mass is 10.0. The standard InChI is InChI=1S/C31H37N5O2/c1-36-21-7-10-26(36)19-20-33-30(31(38)34-22-24-8-3-2-4-9-24)25-16-13-23(14-17-25)15-18-29(37)35-28-12-6-5-11-27(28)32/h2-6,8-9,11-18,26,30,33H,7,10,19-22,32H2,1H3,(H,34,38)(H,35,37)/b18-15+. The summed E-state index contributed by atoms with van der Waals surface area (Å²) in [7, 11) is 2.17. The summed E-state index contributed by atoms with van der Waals surface area (Å²) >= 11 is 0. The van der Waals surface area contributed by atoms with Crippen LogP contribution in [0.4, 0.5) is 11.4 Å². The lowest BCUT2D eigenvalue weighted by Crippen LogP contribution is -2.39. The normalized spacial score (nSPS) is 16.4. The molecule has 0 aliphatic carbocycles. The monoisotopic (exact) mass is 511 g/mol. The Morgan fingerprint density at radius 3 is 2.47 bits per heavy atom. The van der Waals surface area contributed by atoms with E-state index in [0.29, 0.717) is 24.0 Å². The largest absolute Gasteiger partial charge is 0.397 e. The van der Waals surface area contributed by atoms with Crippen molar-refractivity contribution in [2.75, 3.05) is 31.2 Å². The highest BCUT2D eigenvalue weighted by molar-refractivity contribution is 6.03. The van der Waals surface area contributed by atoms with Crippen molar-refractivity contribution in [1.82, 2.24) is 15.5 Å². The first-order valence-corrected chi connectivity index (χ1v) is 13.2. The molecule has 5 N–H and O–H groups in total. The van der Waals surface area contributed by atoms with Crippen LogP contribution in [0.1, 0.15) is 42.0 Å². The summed E-state index contributed by atoms with van der Waals surface area (Å²) in [5.41, 5.74) is 9.80. The van der Waals surface area contributed by atoms with Gasteiger partial charge in [-0.25, -0.2) is 0 Å². The van der Waals surface area contributed by atoms with Gasteiger partial charge in [0.1, 0.15) is 6.04 Å². The summed E-state index contributed by atoms with van der Waals surface area (Å²) in [5, 5.41) is 9.35. The van der Waals surface area contributed by atoms with Crippen LogP contribution in [0.15, 0.2) is 84.9 Å². The molecule has 7 nitrogen and oxygen atoms in total. The van der Waals surface area contributed by atoms with Crippen molar-refractivity contribution in [3.05, 3.63) is 102 Å². The van der Waals surface area contributed by atoms with E-state index in [-0.39, 0.29) is 11.8 Å². The fourth-order valence-electron chi connectivity index (χ4n) is 4.74. The van der Waals surface area contributed by atoms with Crippen LogP contribution in [-0.2, 0) is 16.1 Å². The maximum absolute atomic E-state index is 13.2. The van der Waals surface area contributed by atoms with E-state index in [9.17, 15) is 9.59 Å². The second-order valence-corrected chi connectivity index (χ2v) is 9.73. The number of amides is 2. The molecule has 0 spiro atoms. The molecule has 198 valence electrons. The Hall–Kier alpha value is -3.94. The third kappa shape index (κ3) is 7.78. The topological polar surface area (TPSA) is 99.5 Å². The van der Waals surface area contributed by atoms with E-state index in [1.807, 2.05) is 66.7 Å². The van der Waals surface area contributed by atoms with Gasteiger partial charge >= 0.3 is 0 Å². The molecular formula is C31H37N5O2. The van der Waals surface area contributed by atoms with Gasteiger partial charge in [0.05, 0.1) is 11.4 Å². The van der Waals surface area contributed by atoms with E-state index in [2.05, 4.69) is 27.9 Å². The van der Waals surface area contributed by atoms with Gasteiger partial charge in [-0.1, -0.05) is 66.7 Å². The van der Waals surface area contributed by atoms with Gasteiger partial charge in [0.15, 0.2) is 0 Å². The Balaban J connectivity index is 1.39. The number of carbonyl (C=O) groups is 2. The summed E-state index contributed by atoms with van der Waals surface area (Å²) in [6.45, 7) is 2.37. The van der Waals surface area contributed by atoms with Crippen LogP contribution in [0.25, 0.3) is 6.08 Å². The molecule has 1 aliphatic heterocycles. The number of anilines is 2. The first kappa shape index (κ1) is 27.1. The van der Waals surface area contributed by atoms with E-state index in [1.165, 1.54) is 18.9 Å². The number of benzene rings is 3. The van der Waals surface area contributed by atoms with Gasteiger partial charge in [-0.3, -0.25) is 9.59 Å². The predicted molar refractivity (Wildman–Crippen MR) is 154 cm³/mol. The van der Waals surface area contributed by atoms with Crippen LogP contribution >= 0.6 is 0 Å². The molecule has 1 saturated heterocycles. The number of hydrogen-bond acceptors (Lipinski definition) is 5. The predicted octanol–water partition coefficient (Wildman–Crippen LogP) is 4.35. The van der Waals surface area contributed by atoms with E-state index in [0.717, 1.165) is 36.2 Å². The van der Waals surface area contributed by atoms with Gasteiger partial charge in [0.25, 0.3) is 0 Å². The van der Waals surface area contributed by atoms with Crippen LogP contribution in [0.3, 0.4) is 0 Å². The van der Waals surface area contributed by atoms with Gasteiger partial charge in [-0.2, -0.15) is 0 Å². The van der Waals surface area contributed by atoms with Gasteiger partial charge in [-0.05, 0) is 74.3 Å². The molecule has 2 unspecified atom stereocenters. The average Bonchev–Trinajstić information content (AvgIpc) is 3.35.